The molecule has 0 saturated carbocycles. The van der Waals surface area contributed by atoms with Crippen LogP contribution in [0.1, 0.15) is 25.6 Å². The van der Waals surface area contributed by atoms with E-state index in [9.17, 15) is 8.42 Å². The zero-order chi connectivity index (χ0) is 12.9. The Morgan fingerprint density at radius 3 is 2.53 bits per heavy atom. The van der Waals surface area contributed by atoms with Gasteiger partial charge in [-0.1, -0.05) is 19.9 Å². The minimum absolute atomic E-state index is 0.0840. The molecule has 0 bridgehead atoms. The predicted octanol–water partition coefficient (Wildman–Crippen LogP) is 1.86. The quantitative estimate of drug-likeness (QED) is 0.826. The van der Waals surface area contributed by atoms with E-state index in [4.69, 9.17) is 0 Å². The summed E-state index contributed by atoms with van der Waals surface area (Å²) < 4.78 is 28.0. The van der Waals surface area contributed by atoms with Gasteiger partial charge >= 0.3 is 0 Å². The number of nitrogens with one attached hydrogen (secondary N) is 1. The van der Waals surface area contributed by atoms with E-state index in [2.05, 4.69) is 4.72 Å². The van der Waals surface area contributed by atoms with Gasteiger partial charge in [-0.2, -0.15) is 17.4 Å². The molecule has 0 aliphatic rings. The first-order valence-corrected chi connectivity index (χ1v) is 8.11. The van der Waals surface area contributed by atoms with Crippen molar-refractivity contribution in [2.45, 2.75) is 33.2 Å². The average Bonchev–Trinajstić information content (AvgIpc) is 2.70. The van der Waals surface area contributed by atoms with E-state index in [-0.39, 0.29) is 6.04 Å². The van der Waals surface area contributed by atoms with Crippen LogP contribution in [0.2, 0.25) is 0 Å². The molecule has 1 atom stereocenters. The first-order valence-electron chi connectivity index (χ1n) is 5.79. The van der Waals surface area contributed by atoms with E-state index in [1.807, 2.05) is 38.3 Å². The van der Waals surface area contributed by atoms with E-state index >= 15 is 0 Å². The van der Waals surface area contributed by atoms with E-state index in [1.165, 1.54) is 9.18 Å². The van der Waals surface area contributed by atoms with Gasteiger partial charge in [0.2, 0.25) is 0 Å². The lowest BCUT2D eigenvalue weighted by molar-refractivity contribution is 0.427. The largest absolute Gasteiger partial charge is 0.279 e. The van der Waals surface area contributed by atoms with Crippen LogP contribution in [0.4, 0.5) is 0 Å². The van der Waals surface area contributed by atoms with Crippen molar-refractivity contribution >= 4 is 21.5 Å². The van der Waals surface area contributed by atoms with Crippen LogP contribution >= 0.6 is 11.3 Å². The minimum atomic E-state index is -3.34. The first-order chi connectivity index (χ1) is 7.99. The highest BCUT2D eigenvalue weighted by Gasteiger charge is 2.20. The Kier molecular flexibility index (Phi) is 5.58. The van der Waals surface area contributed by atoms with Crippen LogP contribution in [-0.2, 0) is 16.6 Å². The highest BCUT2D eigenvalue weighted by molar-refractivity contribution is 7.87. The molecule has 0 aliphatic heterocycles. The fourth-order valence-corrected chi connectivity index (χ4v) is 3.92. The lowest BCUT2D eigenvalue weighted by Gasteiger charge is -2.21. The van der Waals surface area contributed by atoms with E-state index in [0.717, 1.165) is 6.42 Å². The number of nitrogens with zero attached hydrogens (tertiary/aromatic N) is 1. The number of hydrogen-bond acceptors (Lipinski definition) is 3. The van der Waals surface area contributed by atoms with Crippen LogP contribution in [0.3, 0.4) is 0 Å². The molecule has 1 rings (SSSR count). The second-order valence-corrected chi connectivity index (χ2v) is 6.63. The smallest absolute Gasteiger partial charge is 0.199 e. The lowest BCUT2D eigenvalue weighted by Crippen LogP contribution is -2.44. The van der Waals surface area contributed by atoms with Crippen LogP contribution in [-0.4, -0.2) is 31.9 Å². The predicted molar refractivity (Wildman–Crippen MR) is 72.5 cm³/mol. The monoisotopic (exact) mass is 276 g/mol. The Balaban J connectivity index is 2.58. The summed E-state index contributed by atoms with van der Waals surface area (Å²) in [6, 6.07) is 3.91. The summed E-state index contributed by atoms with van der Waals surface area (Å²) in [6.07, 6.45) is 0.734. The molecule has 0 amide bonds. The molecule has 4 nitrogen and oxygen atoms in total. The summed E-state index contributed by atoms with van der Waals surface area (Å²) >= 11 is 1.65. The Morgan fingerprint density at radius 2 is 2.06 bits per heavy atom. The van der Waals surface area contributed by atoms with Crippen LogP contribution in [0.5, 0.6) is 0 Å². The Morgan fingerprint density at radius 1 is 1.41 bits per heavy atom. The zero-order valence-electron chi connectivity index (χ0n) is 10.5. The molecule has 0 saturated heterocycles. The Hall–Kier alpha value is -0.430. The highest BCUT2D eigenvalue weighted by Crippen LogP contribution is 2.11. The molecule has 1 heterocycles. The van der Waals surface area contributed by atoms with E-state index in [0.29, 0.717) is 13.1 Å². The van der Waals surface area contributed by atoms with Gasteiger partial charge < -0.3 is 0 Å². The molecule has 17 heavy (non-hydrogen) atoms. The lowest BCUT2D eigenvalue weighted by atomic mass is 10.2. The summed E-state index contributed by atoms with van der Waals surface area (Å²) in [4.78, 5) is 1.19. The third-order valence-corrected chi connectivity index (χ3v) is 5.28. The van der Waals surface area contributed by atoms with Crippen LogP contribution < -0.4 is 4.72 Å². The van der Waals surface area contributed by atoms with Crippen molar-refractivity contribution in [1.29, 1.82) is 0 Å². The molecule has 0 aliphatic carbocycles. The molecular weight excluding hydrogens is 256 g/mol. The molecule has 98 valence electrons. The molecule has 0 spiro atoms. The van der Waals surface area contributed by atoms with Crippen LogP contribution in [0.15, 0.2) is 17.5 Å². The summed E-state index contributed by atoms with van der Waals surface area (Å²) in [5.74, 6) is 0. The maximum absolute atomic E-state index is 11.9. The van der Waals surface area contributed by atoms with Gasteiger partial charge in [-0.15, -0.1) is 11.3 Å². The van der Waals surface area contributed by atoms with Crippen LogP contribution in [0.25, 0.3) is 0 Å². The maximum atomic E-state index is 11.9. The fourth-order valence-electron chi connectivity index (χ4n) is 1.66. The first kappa shape index (κ1) is 14.6. The summed E-state index contributed by atoms with van der Waals surface area (Å²) in [7, 11) is -3.34. The number of hydrogen-bond donors (Lipinski definition) is 1. The van der Waals surface area contributed by atoms with E-state index < -0.39 is 10.2 Å². The summed E-state index contributed by atoms with van der Waals surface area (Å²) in [5, 5.41) is 2.00. The van der Waals surface area contributed by atoms with Crippen molar-refractivity contribution in [3.05, 3.63) is 22.4 Å². The van der Waals surface area contributed by atoms with Gasteiger partial charge in [-0.05, 0) is 24.8 Å². The van der Waals surface area contributed by atoms with Gasteiger partial charge in [0, 0.05) is 24.0 Å². The van der Waals surface area contributed by atoms with Gasteiger partial charge in [0.15, 0.2) is 0 Å². The average molecular weight is 276 g/mol. The molecule has 0 unspecified atom stereocenters. The highest BCUT2D eigenvalue weighted by atomic mass is 32.2. The second kappa shape index (κ2) is 6.49. The van der Waals surface area contributed by atoms with Gasteiger partial charge in [-0.25, -0.2) is 0 Å². The maximum Gasteiger partial charge on any atom is 0.279 e. The second-order valence-electron chi connectivity index (χ2n) is 3.89. The molecular formula is C11H20N2O2S2. The van der Waals surface area contributed by atoms with Gasteiger partial charge in [0.05, 0.1) is 0 Å². The van der Waals surface area contributed by atoms with Gasteiger partial charge in [0.1, 0.15) is 0 Å². The Bertz CT molecular complexity index is 411. The Labute approximate surface area is 108 Å². The van der Waals surface area contributed by atoms with Crippen molar-refractivity contribution in [2.75, 3.05) is 13.1 Å². The number of thiophene rings is 1. The third-order valence-electron chi connectivity index (χ3n) is 2.48. The SMILES string of the molecule is CCN(CC)S(=O)(=O)N[C@H](C)Cc1cccs1. The zero-order valence-corrected chi connectivity index (χ0v) is 12.1. The van der Waals surface area contributed by atoms with Crippen molar-refractivity contribution in [3.8, 4) is 0 Å². The minimum Gasteiger partial charge on any atom is -0.199 e. The topological polar surface area (TPSA) is 49.4 Å². The van der Waals surface area contributed by atoms with E-state index in [1.54, 1.807) is 11.3 Å². The fraction of sp³-hybridized carbons (Fsp3) is 0.636. The molecule has 0 fully saturated rings. The molecule has 1 N–H and O–H groups in total. The summed E-state index contributed by atoms with van der Waals surface area (Å²) in [5.41, 5.74) is 0. The van der Waals surface area contributed by atoms with Gasteiger partial charge in [0.25, 0.3) is 10.2 Å². The van der Waals surface area contributed by atoms with Gasteiger partial charge in [-0.3, -0.25) is 0 Å². The molecule has 1 aromatic heterocycles. The van der Waals surface area contributed by atoms with Crippen molar-refractivity contribution in [1.82, 2.24) is 9.03 Å². The molecule has 0 radical (unpaired) electrons. The molecule has 6 heteroatoms. The standard InChI is InChI=1S/C11H20N2O2S2/c1-4-13(5-2)17(14,15)12-10(3)9-11-7-6-8-16-11/h6-8,10,12H,4-5,9H2,1-3H3/t10-/m1/s1. The van der Waals surface area contributed by atoms with Crippen LogP contribution in [0, 0.1) is 0 Å². The number of rotatable bonds is 7. The third kappa shape index (κ3) is 4.39. The summed E-state index contributed by atoms with van der Waals surface area (Å²) in [6.45, 7) is 6.56. The van der Waals surface area contributed by atoms with Crippen molar-refractivity contribution in [3.63, 3.8) is 0 Å². The van der Waals surface area contributed by atoms with Crippen molar-refractivity contribution < 1.29 is 8.42 Å². The normalized spacial score (nSPS) is 14.1. The molecule has 1 aromatic rings. The van der Waals surface area contributed by atoms with Crippen molar-refractivity contribution in [2.24, 2.45) is 0 Å². The molecule has 0 aromatic carbocycles.